The van der Waals surface area contributed by atoms with Crippen LogP contribution < -0.4 is 0 Å². The lowest BCUT2D eigenvalue weighted by Crippen LogP contribution is -1.91. The molecule has 0 aliphatic carbocycles. The number of hydrogen-bond donors (Lipinski definition) is 0. The first-order valence-corrected chi connectivity index (χ1v) is 21.6. The minimum atomic E-state index is 0.876. The van der Waals surface area contributed by atoms with Crippen LogP contribution in [0.3, 0.4) is 0 Å². The quantitative estimate of drug-likeness (QED) is 0.167. The van der Waals surface area contributed by atoms with Gasteiger partial charge in [0, 0.05) is 41.7 Å². The van der Waals surface area contributed by atoms with Crippen LogP contribution in [0.25, 0.3) is 141 Å². The molecule has 0 aliphatic heterocycles. The smallest absolute Gasteiger partial charge is 0.136 e. The van der Waals surface area contributed by atoms with Gasteiger partial charge in [-0.3, -0.25) is 0 Å². The minimum absolute atomic E-state index is 0.876. The van der Waals surface area contributed by atoms with E-state index in [0.29, 0.717) is 0 Å². The van der Waals surface area contributed by atoms with Crippen molar-refractivity contribution in [1.29, 1.82) is 0 Å². The summed E-state index contributed by atoms with van der Waals surface area (Å²) in [7, 11) is 0. The van der Waals surface area contributed by atoms with E-state index in [2.05, 4.69) is 182 Å². The van der Waals surface area contributed by atoms with E-state index >= 15 is 0 Å². The summed E-state index contributed by atoms with van der Waals surface area (Å²) >= 11 is 1.88. The van der Waals surface area contributed by atoms with Crippen LogP contribution in [-0.2, 0) is 0 Å². The van der Waals surface area contributed by atoms with Crippen molar-refractivity contribution < 1.29 is 8.83 Å². The molecular formula is C58H32O2S. The van der Waals surface area contributed by atoms with Gasteiger partial charge in [0.2, 0.25) is 0 Å². The Hall–Kier alpha value is -7.72. The highest BCUT2D eigenvalue weighted by Gasteiger charge is 2.19. The summed E-state index contributed by atoms with van der Waals surface area (Å²) in [6, 6.07) is 71.1. The minimum Gasteiger partial charge on any atom is -0.456 e. The zero-order chi connectivity index (χ0) is 39.8. The molecule has 14 rings (SSSR count). The van der Waals surface area contributed by atoms with Gasteiger partial charge in [-0.2, -0.15) is 0 Å². The molecule has 0 bridgehead atoms. The molecule has 3 heteroatoms. The normalized spacial score (nSPS) is 12.3. The van der Waals surface area contributed by atoms with Crippen molar-refractivity contribution in [2.45, 2.75) is 0 Å². The predicted molar refractivity (Wildman–Crippen MR) is 260 cm³/mol. The first kappa shape index (κ1) is 33.1. The fraction of sp³-hybridized carbons (Fsp3) is 0. The second-order valence-electron chi connectivity index (χ2n) is 16.4. The summed E-state index contributed by atoms with van der Waals surface area (Å²) in [6.45, 7) is 0. The van der Waals surface area contributed by atoms with Crippen LogP contribution >= 0.6 is 11.3 Å². The van der Waals surface area contributed by atoms with Gasteiger partial charge >= 0.3 is 0 Å². The zero-order valence-electron chi connectivity index (χ0n) is 32.7. The van der Waals surface area contributed by atoms with Gasteiger partial charge in [-0.05, 0) is 131 Å². The van der Waals surface area contributed by atoms with Crippen LogP contribution in [0.4, 0.5) is 0 Å². The van der Waals surface area contributed by atoms with E-state index in [4.69, 9.17) is 8.83 Å². The molecule has 0 N–H and O–H groups in total. The van der Waals surface area contributed by atoms with Gasteiger partial charge in [0.05, 0.1) is 0 Å². The molecule has 0 aliphatic rings. The number of benzene rings is 11. The summed E-state index contributed by atoms with van der Waals surface area (Å²) in [4.78, 5) is 0. The fourth-order valence-corrected chi connectivity index (χ4v) is 11.4. The SMILES string of the molecule is c1ccc2cc(-c3c4ccccc4c(-c4ccc5sc6c(-c7ccc8cc9oc%10cc%11c(cc%10c9cc8c7)oc7ccccc7%11)cccc6c5c4)c4ccccc34)ccc2c1. The Morgan fingerprint density at radius 2 is 0.803 bits per heavy atom. The highest BCUT2D eigenvalue weighted by atomic mass is 32.1. The van der Waals surface area contributed by atoms with Gasteiger partial charge in [0.15, 0.2) is 0 Å². The van der Waals surface area contributed by atoms with Gasteiger partial charge < -0.3 is 8.83 Å². The Kier molecular flexibility index (Phi) is 6.74. The molecule has 282 valence electrons. The average molecular weight is 793 g/mol. The van der Waals surface area contributed by atoms with E-state index in [1.807, 2.05) is 23.5 Å². The Morgan fingerprint density at radius 3 is 1.57 bits per heavy atom. The molecule has 61 heavy (non-hydrogen) atoms. The number of rotatable bonds is 3. The molecule has 0 fully saturated rings. The molecule has 3 heterocycles. The van der Waals surface area contributed by atoms with Crippen LogP contribution in [0.2, 0.25) is 0 Å². The second-order valence-corrected chi connectivity index (χ2v) is 17.4. The van der Waals surface area contributed by atoms with E-state index in [9.17, 15) is 0 Å². The third kappa shape index (κ3) is 4.84. The number of thiophene rings is 1. The maximum atomic E-state index is 6.48. The zero-order valence-corrected chi connectivity index (χ0v) is 33.5. The maximum Gasteiger partial charge on any atom is 0.136 e. The molecule has 3 aromatic heterocycles. The molecule has 2 nitrogen and oxygen atoms in total. The molecule has 14 aromatic rings. The van der Waals surface area contributed by atoms with Crippen molar-refractivity contribution >= 4 is 118 Å². The molecule has 0 radical (unpaired) electrons. The van der Waals surface area contributed by atoms with E-state index in [0.717, 1.165) is 49.3 Å². The summed E-state index contributed by atoms with van der Waals surface area (Å²) in [5.74, 6) is 0. The Labute approximate surface area is 353 Å². The third-order valence-electron chi connectivity index (χ3n) is 13.0. The number of furan rings is 2. The molecule has 11 aromatic carbocycles. The van der Waals surface area contributed by atoms with Crippen molar-refractivity contribution in [3.8, 4) is 33.4 Å². The Balaban J connectivity index is 0.921. The van der Waals surface area contributed by atoms with E-state index < -0.39 is 0 Å². The van der Waals surface area contributed by atoms with E-state index in [1.165, 1.54) is 91.3 Å². The van der Waals surface area contributed by atoms with Crippen molar-refractivity contribution in [3.05, 3.63) is 194 Å². The molecule has 0 amide bonds. The summed E-state index contributed by atoms with van der Waals surface area (Å²) < 4.78 is 15.3. The van der Waals surface area contributed by atoms with Crippen LogP contribution in [0.15, 0.2) is 203 Å². The Bertz CT molecular complexity index is 4120. The number of hydrogen-bond acceptors (Lipinski definition) is 3. The first-order chi connectivity index (χ1) is 30.2. The predicted octanol–water partition coefficient (Wildman–Crippen LogP) is 17.5. The summed E-state index contributed by atoms with van der Waals surface area (Å²) in [5.41, 5.74) is 11.0. The Morgan fingerprint density at radius 1 is 0.279 bits per heavy atom. The maximum absolute atomic E-state index is 6.48. The number of fused-ring (bicyclic) bond motifs is 13. The van der Waals surface area contributed by atoms with Gasteiger partial charge in [0.1, 0.15) is 22.3 Å². The van der Waals surface area contributed by atoms with Gasteiger partial charge in [-0.1, -0.05) is 140 Å². The molecule has 0 unspecified atom stereocenters. The van der Waals surface area contributed by atoms with Crippen LogP contribution in [-0.4, -0.2) is 0 Å². The standard InChI is InChI=1S/C58H32O2S/c1-2-11-34-26-37(23-20-33(34)10-1)56-42-13-3-5-15-44(42)57(45-16-6-4-14-43(45)56)38-24-25-55-50(28-38)46-18-9-17-40(58(46)61-55)36-22-21-35-30-52-47(29-39(35)27-36)49-32-53-48(31-54(49)60-52)41-12-7-8-19-51(41)59-53/h1-32H. The fourth-order valence-electron chi connectivity index (χ4n) is 10.2. The number of para-hydroxylation sites is 1. The molecule has 0 atom stereocenters. The van der Waals surface area contributed by atoms with Crippen LogP contribution in [0.5, 0.6) is 0 Å². The monoisotopic (exact) mass is 792 g/mol. The van der Waals surface area contributed by atoms with E-state index in [1.54, 1.807) is 0 Å². The average Bonchev–Trinajstić information content (AvgIpc) is 3.99. The van der Waals surface area contributed by atoms with Crippen molar-refractivity contribution in [2.75, 3.05) is 0 Å². The molecule has 0 spiro atoms. The van der Waals surface area contributed by atoms with Crippen LogP contribution in [0.1, 0.15) is 0 Å². The van der Waals surface area contributed by atoms with Crippen molar-refractivity contribution in [2.24, 2.45) is 0 Å². The lowest BCUT2D eigenvalue weighted by atomic mass is 9.85. The lowest BCUT2D eigenvalue weighted by Gasteiger charge is -2.18. The van der Waals surface area contributed by atoms with Crippen LogP contribution in [0, 0.1) is 0 Å². The van der Waals surface area contributed by atoms with E-state index in [-0.39, 0.29) is 0 Å². The topological polar surface area (TPSA) is 26.3 Å². The molecule has 0 saturated carbocycles. The highest BCUT2D eigenvalue weighted by Crippen LogP contribution is 2.47. The van der Waals surface area contributed by atoms with Crippen molar-refractivity contribution in [1.82, 2.24) is 0 Å². The summed E-state index contributed by atoms with van der Waals surface area (Å²) in [6.07, 6.45) is 0. The summed E-state index contributed by atoms with van der Waals surface area (Å²) in [5, 5.41) is 16.8. The third-order valence-corrected chi connectivity index (χ3v) is 14.2. The highest BCUT2D eigenvalue weighted by molar-refractivity contribution is 7.26. The first-order valence-electron chi connectivity index (χ1n) is 20.8. The largest absolute Gasteiger partial charge is 0.456 e. The van der Waals surface area contributed by atoms with Gasteiger partial charge in [0.25, 0.3) is 0 Å². The van der Waals surface area contributed by atoms with Gasteiger partial charge in [-0.25, -0.2) is 0 Å². The van der Waals surface area contributed by atoms with Crippen molar-refractivity contribution in [3.63, 3.8) is 0 Å². The lowest BCUT2D eigenvalue weighted by molar-refractivity contribution is 0.664. The second kappa shape index (κ2) is 12.4. The molecular weight excluding hydrogens is 761 g/mol. The molecule has 0 saturated heterocycles. The van der Waals surface area contributed by atoms with Gasteiger partial charge in [-0.15, -0.1) is 11.3 Å².